The van der Waals surface area contributed by atoms with Crippen LogP contribution in [0.1, 0.15) is 36.8 Å². The third-order valence-corrected chi connectivity index (χ3v) is 3.77. The normalized spacial score (nSPS) is 10.8. The Hall–Kier alpha value is -3.72. The Morgan fingerprint density at radius 3 is 2.29 bits per heavy atom. The van der Waals surface area contributed by atoms with Gasteiger partial charge >= 0.3 is 0 Å². The van der Waals surface area contributed by atoms with Gasteiger partial charge in [0.15, 0.2) is 5.82 Å². The van der Waals surface area contributed by atoms with Crippen molar-refractivity contribution in [2.24, 2.45) is 0 Å². The molecule has 3 aromatic rings. The number of nitrogens with one attached hydrogen (secondary N) is 2. The van der Waals surface area contributed by atoms with E-state index in [0.29, 0.717) is 22.9 Å². The average molecular weight is 371 g/mol. The lowest BCUT2D eigenvalue weighted by molar-refractivity contribution is 0.102. The fourth-order valence-corrected chi connectivity index (χ4v) is 2.55. The predicted molar refractivity (Wildman–Crippen MR) is 110 cm³/mol. The smallest absolute Gasteiger partial charge is 0.274 e. The number of rotatable bonds is 4. The van der Waals surface area contributed by atoms with Gasteiger partial charge in [-0.05, 0) is 45.0 Å². The van der Waals surface area contributed by atoms with Crippen LogP contribution >= 0.6 is 0 Å². The van der Waals surface area contributed by atoms with Crippen LogP contribution in [-0.2, 0) is 0 Å². The van der Waals surface area contributed by atoms with E-state index >= 15 is 0 Å². The zero-order chi connectivity index (χ0) is 20.1. The molecular formula is C22H21N5O. The highest BCUT2D eigenvalue weighted by molar-refractivity contribution is 6.03. The Kier molecular flexibility index (Phi) is 5.37. The van der Waals surface area contributed by atoms with E-state index in [1.807, 2.05) is 51.1 Å². The first-order valence-corrected chi connectivity index (χ1v) is 8.88. The lowest BCUT2D eigenvalue weighted by Gasteiger charge is -2.22. The summed E-state index contributed by atoms with van der Waals surface area (Å²) in [6, 6.07) is 19.9. The summed E-state index contributed by atoms with van der Waals surface area (Å²) in [5.74, 6) is 0.701. The van der Waals surface area contributed by atoms with Gasteiger partial charge in [-0.15, -0.1) is 0 Å². The maximum Gasteiger partial charge on any atom is 0.274 e. The first-order valence-electron chi connectivity index (χ1n) is 8.88. The van der Waals surface area contributed by atoms with Crippen molar-refractivity contribution in [3.05, 3.63) is 71.9 Å². The molecule has 140 valence electrons. The molecule has 0 radical (unpaired) electrons. The van der Waals surface area contributed by atoms with Crippen LogP contribution in [0.4, 0.5) is 11.5 Å². The second kappa shape index (κ2) is 7.89. The summed E-state index contributed by atoms with van der Waals surface area (Å²) in [5, 5.41) is 15.0. The predicted octanol–water partition coefficient (Wildman–Crippen LogP) is 4.48. The number of anilines is 2. The van der Waals surface area contributed by atoms with E-state index < -0.39 is 0 Å². The number of nitriles is 1. The number of carbonyl (C=O) groups excluding carboxylic acids is 1. The van der Waals surface area contributed by atoms with E-state index in [-0.39, 0.29) is 17.1 Å². The zero-order valence-corrected chi connectivity index (χ0v) is 16.0. The van der Waals surface area contributed by atoms with Crippen LogP contribution in [0.3, 0.4) is 0 Å². The minimum atomic E-state index is -0.346. The number of nitrogens with zero attached hydrogens (tertiary/aromatic N) is 3. The van der Waals surface area contributed by atoms with Gasteiger partial charge < -0.3 is 10.6 Å². The Bertz CT molecular complexity index is 1020. The van der Waals surface area contributed by atoms with Crippen LogP contribution in [0.5, 0.6) is 0 Å². The molecule has 3 rings (SSSR count). The quantitative estimate of drug-likeness (QED) is 0.706. The largest absolute Gasteiger partial charge is 0.365 e. The first-order chi connectivity index (χ1) is 13.3. The van der Waals surface area contributed by atoms with Crippen LogP contribution in [-0.4, -0.2) is 21.4 Å². The van der Waals surface area contributed by atoms with Crippen molar-refractivity contribution in [2.75, 3.05) is 10.6 Å². The molecule has 0 unspecified atom stereocenters. The molecule has 0 bridgehead atoms. The molecule has 0 aliphatic rings. The van der Waals surface area contributed by atoms with E-state index in [2.05, 4.69) is 26.7 Å². The van der Waals surface area contributed by atoms with Crippen molar-refractivity contribution in [2.45, 2.75) is 26.3 Å². The molecule has 0 aliphatic heterocycles. The summed E-state index contributed by atoms with van der Waals surface area (Å²) in [4.78, 5) is 21.8. The van der Waals surface area contributed by atoms with Gasteiger partial charge in [-0.3, -0.25) is 4.79 Å². The molecule has 1 heterocycles. The van der Waals surface area contributed by atoms with E-state index in [0.717, 1.165) is 5.56 Å². The van der Waals surface area contributed by atoms with E-state index in [4.69, 9.17) is 5.26 Å². The first kappa shape index (κ1) is 19.1. The highest BCUT2D eigenvalue weighted by atomic mass is 16.1. The molecule has 0 atom stereocenters. The Balaban J connectivity index is 1.94. The van der Waals surface area contributed by atoms with Crippen molar-refractivity contribution < 1.29 is 4.79 Å². The number of carbonyl (C=O) groups is 1. The molecule has 2 N–H and O–H groups in total. The Labute approximate surface area is 164 Å². The molecule has 0 fully saturated rings. The molecule has 1 aromatic heterocycles. The topological polar surface area (TPSA) is 90.7 Å². The highest BCUT2D eigenvalue weighted by Crippen LogP contribution is 2.21. The summed E-state index contributed by atoms with van der Waals surface area (Å²) in [6.45, 7) is 6.06. The maximum atomic E-state index is 12.8. The number of benzene rings is 2. The van der Waals surface area contributed by atoms with Gasteiger partial charge in [0.1, 0.15) is 11.5 Å². The van der Waals surface area contributed by atoms with E-state index in [1.54, 1.807) is 30.3 Å². The highest BCUT2D eigenvalue weighted by Gasteiger charge is 2.17. The van der Waals surface area contributed by atoms with Gasteiger partial charge in [-0.25, -0.2) is 9.97 Å². The molecular weight excluding hydrogens is 350 g/mol. The molecule has 28 heavy (non-hydrogen) atoms. The number of amides is 1. The molecule has 0 saturated heterocycles. The van der Waals surface area contributed by atoms with Crippen molar-refractivity contribution in [1.82, 2.24) is 9.97 Å². The zero-order valence-electron chi connectivity index (χ0n) is 16.0. The summed E-state index contributed by atoms with van der Waals surface area (Å²) >= 11 is 0. The minimum Gasteiger partial charge on any atom is -0.365 e. The molecule has 0 saturated carbocycles. The van der Waals surface area contributed by atoms with Gasteiger partial charge in [-0.1, -0.05) is 30.3 Å². The van der Waals surface area contributed by atoms with Gasteiger partial charge in [0.05, 0.1) is 11.6 Å². The molecule has 0 aliphatic carbocycles. The maximum absolute atomic E-state index is 12.8. The molecule has 6 nitrogen and oxygen atoms in total. The Morgan fingerprint density at radius 1 is 1.00 bits per heavy atom. The molecule has 1 amide bonds. The lowest BCUT2D eigenvalue weighted by atomic mass is 10.1. The number of aromatic nitrogens is 2. The summed E-state index contributed by atoms with van der Waals surface area (Å²) < 4.78 is 0. The van der Waals surface area contributed by atoms with Crippen molar-refractivity contribution in [3.63, 3.8) is 0 Å². The monoisotopic (exact) mass is 371 g/mol. The van der Waals surface area contributed by atoms with Gasteiger partial charge in [0.2, 0.25) is 0 Å². The Morgan fingerprint density at radius 2 is 1.68 bits per heavy atom. The van der Waals surface area contributed by atoms with Gasteiger partial charge in [0.25, 0.3) is 5.91 Å². The van der Waals surface area contributed by atoms with Gasteiger partial charge in [0, 0.05) is 22.9 Å². The lowest BCUT2D eigenvalue weighted by Crippen LogP contribution is -2.27. The van der Waals surface area contributed by atoms with Crippen molar-refractivity contribution >= 4 is 17.4 Å². The van der Waals surface area contributed by atoms with Crippen LogP contribution in [0, 0.1) is 11.3 Å². The number of hydrogen-bond acceptors (Lipinski definition) is 5. The van der Waals surface area contributed by atoms with Crippen LogP contribution in [0.25, 0.3) is 11.4 Å². The standard InChI is InChI=1S/C22H21N5O/c1-22(2,3)27-19-13-18(25-20(26-19)16-7-5-4-6-8-16)21(28)24-17-11-9-15(14-23)10-12-17/h4-13H,1-3H3,(H,24,28)(H,25,26,27). The minimum absolute atomic E-state index is 0.219. The van der Waals surface area contributed by atoms with Crippen molar-refractivity contribution in [3.8, 4) is 17.5 Å². The van der Waals surface area contributed by atoms with Crippen LogP contribution < -0.4 is 10.6 Å². The summed E-state index contributed by atoms with van der Waals surface area (Å²) in [7, 11) is 0. The van der Waals surface area contributed by atoms with Crippen LogP contribution in [0.15, 0.2) is 60.7 Å². The second-order valence-corrected chi connectivity index (χ2v) is 7.35. The van der Waals surface area contributed by atoms with Crippen molar-refractivity contribution in [1.29, 1.82) is 5.26 Å². The SMILES string of the molecule is CC(C)(C)Nc1cc(C(=O)Nc2ccc(C#N)cc2)nc(-c2ccccc2)n1. The summed E-state index contributed by atoms with van der Waals surface area (Å²) in [5.41, 5.74) is 1.98. The molecule has 0 spiro atoms. The molecule has 6 heteroatoms. The van der Waals surface area contributed by atoms with Gasteiger partial charge in [-0.2, -0.15) is 5.26 Å². The fourth-order valence-electron chi connectivity index (χ4n) is 2.55. The van der Waals surface area contributed by atoms with E-state index in [1.165, 1.54) is 0 Å². The summed E-state index contributed by atoms with van der Waals surface area (Å²) in [6.07, 6.45) is 0. The number of hydrogen-bond donors (Lipinski definition) is 2. The average Bonchev–Trinajstić information content (AvgIpc) is 2.67. The third kappa shape index (κ3) is 4.92. The third-order valence-electron chi connectivity index (χ3n) is 3.77. The fraction of sp³-hybridized carbons (Fsp3) is 0.182. The second-order valence-electron chi connectivity index (χ2n) is 7.35. The van der Waals surface area contributed by atoms with Crippen LogP contribution in [0.2, 0.25) is 0 Å². The van der Waals surface area contributed by atoms with E-state index in [9.17, 15) is 4.79 Å². The molecule has 2 aromatic carbocycles.